The SMILES string of the molecule is CC(C)N(CCC(C(N)=[18O])(c1ccccc1)c1ccccn1)C(C)C. The highest BCUT2D eigenvalue weighted by atomic mass is 18.1. The molecule has 1 atom stereocenters. The molecule has 1 heterocycles. The summed E-state index contributed by atoms with van der Waals surface area (Å²) in [6, 6.07) is 16.2. The van der Waals surface area contributed by atoms with Crippen LogP contribution in [0.3, 0.4) is 0 Å². The second-order valence-electron chi connectivity index (χ2n) is 7.03. The molecule has 0 aliphatic heterocycles. The van der Waals surface area contributed by atoms with Crippen molar-refractivity contribution in [1.82, 2.24) is 9.88 Å². The minimum absolute atomic E-state index is 0.357. The Morgan fingerprint density at radius 2 is 1.64 bits per heavy atom. The van der Waals surface area contributed by atoms with Gasteiger partial charge in [0.15, 0.2) is 0 Å². The van der Waals surface area contributed by atoms with Crippen LogP contribution in [0.4, 0.5) is 0 Å². The van der Waals surface area contributed by atoms with Gasteiger partial charge in [-0.3, -0.25) is 14.7 Å². The van der Waals surface area contributed by atoms with Crippen molar-refractivity contribution in [2.24, 2.45) is 5.73 Å². The van der Waals surface area contributed by atoms with E-state index in [2.05, 4.69) is 37.6 Å². The first-order valence-electron chi connectivity index (χ1n) is 8.92. The molecular weight excluding hydrogens is 312 g/mol. The van der Waals surface area contributed by atoms with Crippen LogP contribution in [0, 0.1) is 0 Å². The van der Waals surface area contributed by atoms with E-state index in [0.717, 1.165) is 12.1 Å². The lowest BCUT2D eigenvalue weighted by Gasteiger charge is -2.36. The van der Waals surface area contributed by atoms with Crippen LogP contribution in [0.15, 0.2) is 54.7 Å². The van der Waals surface area contributed by atoms with Gasteiger partial charge in [0, 0.05) is 24.8 Å². The molecule has 1 amide bonds. The topological polar surface area (TPSA) is 59.2 Å². The van der Waals surface area contributed by atoms with E-state index < -0.39 is 5.41 Å². The van der Waals surface area contributed by atoms with Crippen LogP contribution in [0.1, 0.15) is 45.4 Å². The van der Waals surface area contributed by atoms with Gasteiger partial charge in [-0.2, -0.15) is 0 Å². The zero-order valence-electron chi connectivity index (χ0n) is 15.6. The number of aromatic nitrogens is 1. The lowest BCUT2D eigenvalue weighted by molar-refractivity contribution is -0.122. The molecule has 1 aromatic carbocycles. The van der Waals surface area contributed by atoms with Gasteiger partial charge in [0.05, 0.1) is 5.69 Å². The van der Waals surface area contributed by atoms with E-state index in [1.807, 2.05) is 48.5 Å². The van der Waals surface area contributed by atoms with Crippen molar-refractivity contribution >= 4 is 5.91 Å². The molecule has 2 rings (SSSR count). The quantitative estimate of drug-likeness (QED) is 0.749. The van der Waals surface area contributed by atoms with Crippen molar-refractivity contribution in [2.75, 3.05) is 6.54 Å². The number of amides is 1. The van der Waals surface area contributed by atoms with E-state index in [0.29, 0.717) is 24.2 Å². The summed E-state index contributed by atoms with van der Waals surface area (Å²) < 4.78 is 0. The fourth-order valence-electron chi connectivity index (χ4n) is 3.56. The van der Waals surface area contributed by atoms with E-state index in [4.69, 9.17) is 5.73 Å². The Kier molecular flexibility index (Phi) is 6.32. The van der Waals surface area contributed by atoms with Crippen molar-refractivity contribution in [1.29, 1.82) is 0 Å². The number of carbonyl (C=O) groups excluding carboxylic acids is 1. The number of pyridine rings is 1. The third-order valence-corrected chi connectivity index (χ3v) is 4.86. The standard InChI is InChI=1S/C21H29N3O/c1-16(2)24(17(3)4)15-13-21(20(22)25,18-10-6-5-7-11-18)19-12-8-9-14-23-19/h5-12,14,16-17H,13,15H2,1-4H3,(H2,22,25)/i25+2. The number of hydrogen-bond donors (Lipinski definition) is 1. The van der Waals surface area contributed by atoms with Crippen molar-refractivity contribution in [3.05, 3.63) is 66.0 Å². The molecular formula is C21H29N3O. The Balaban J connectivity index is 2.50. The molecule has 4 nitrogen and oxygen atoms in total. The number of nitrogens with two attached hydrogens (primary N) is 1. The molecule has 0 aliphatic carbocycles. The molecule has 0 aliphatic rings. The van der Waals surface area contributed by atoms with Crippen molar-refractivity contribution in [3.63, 3.8) is 0 Å². The normalized spacial score (nSPS) is 14.0. The molecule has 0 spiro atoms. The van der Waals surface area contributed by atoms with Crippen LogP contribution in [0.25, 0.3) is 0 Å². The first-order chi connectivity index (χ1) is 11.9. The van der Waals surface area contributed by atoms with Crippen LogP contribution < -0.4 is 5.73 Å². The maximum absolute atomic E-state index is 12.7. The maximum atomic E-state index is 12.7. The maximum Gasteiger partial charge on any atom is 0.234 e. The summed E-state index contributed by atoms with van der Waals surface area (Å²) in [5.41, 5.74) is 6.66. The summed E-state index contributed by atoms with van der Waals surface area (Å²) in [6.45, 7) is 9.47. The summed E-state index contributed by atoms with van der Waals surface area (Å²) in [4.78, 5) is 19.6. The molecule has 0 fully saturated rings. The lowest BCUT2D eigenvalue weighted by atomic mass is 9.73. The zero-order valence-corrected chi connectivity index (χ0v) is 15.6. The van der Waals surface area contributed by atoms with E-state index in [9.17, 15) is 4.79 Å². The van der Waals surface area contributed by atoms with E-state index in [-0.39, 0.29) is 5.91 Å². The predicted molar refractivity (Wildman–Crippen MR) is 102 cm³/mol. The molecule has 0 saturated carbocycles. The second kappa shape index (κ2) is 8.26. The third kappa shape index (κ3) is 4.07. The minimum atomic E-state index is -0.926. The lowest BCUT2D eigenvalue weighted by Crippen LogP contribution is -2.47. The van der Waals surface area contributed by atoms with Crippen LogP contribution >= 0.6 is 0 Å². The van der Waals surface area contributed by atoms with Crippen LogP contribution in [-0.4, -0.2) is 34.4 Å². The smallest absolute Gasteiger partial charge is 0.234 e. The highest BCUT2D eigenvalue weighted by Crippen LogP contribution is 2.35. The first kappa shape index (κ1) is 19.1. The Hall–Kier alpha value is -2.20. The van der Waals surface area contributed by atoms with Gasteiger partial charge in [-0.1, -0.05) is 36.4 Å². The summed E-state index contributed by atoms with van der Waals surface area (Å²) in [5.74, 6) is -0.357. The predicted octanol–water partition coefficient (Wildman–Crippen LogP) is 3.36. The van der Waals surface area contributed by atoms with Crippen molar-refractivity contribution in [2.45, 2.75) is 51.6 Å². The number of hydrogen-bond acceptors (Lipinski definition) is 3. The Morgan fingerprint density at radius 3 is 2.12 bits per heavy atom. The molecule has 4 heteroatoms. The number of nitrogens with zero attached hydrogens (tertiary/aromatic N) is 2. The highest BCUT2D eigenvalue weighted by molar-refractivity contribution is 5.90. The average molecular weight is 341 g/mol. The summed E-state index contributed by atoms with van der Waals surface area (Å²) in [6.07, 6.45) is 2.32. The molecule has 134 valence electrons. The van der Waals surface area contributed by atoms with Gasteiger partial charge in [0.2, 0.25) is 5.91 Å². The fourth-order valence-corrected chi connectivity index (χ4v) is 3.56. The molecule has 25 heavy (non-hydrogen) atoms. The van der Waals surface area contributed by atoms with Crippen molar-refractivity contribution < 1.29 is 4.79 Å². The molecule has 2 aromatic rings. The van der Waals surface area contributed by atoms with E-state index in [1.165, 1.54) is 0 Å². The van der Waals surface area contributed by atoms with Crippen LogP contribution in [0.5, 0.6) is 0 Å². The monoisotopic (exact) mass is 341 g/mol. The van der Waals surface area contributed by atoms with Crippen LogP contribution in [-0.2, 0) is 10.2 Å². The van der Waals surface area contributed by atoms with E-state index >= 15 is 0 Å². The largest absolute Gasteiger partial charge is 0.369 e. The number of carbonyl (C=O) groups is 1. The van der Waals surface area contributed by atoms with Gasteiger partial charge in [0.25, 0.3) is 0 Å². The third-order valence-electron chi connectivity index (χ3n) is 4.86. The van der Waals surface area contributed by atoms with Gasteiger partial charge in [-0.05, 0) is 51.8 Å². The molecule has 2 N–H and O–H groups in total. The van der Waals surface area contributed by atoms with Gasteiger partial charge in [-0.15, -0.1) is 0 Å². The Morgan fingerprint density at radius 1 is 1.04 bits per heavy atom. The Bertz CT molecular complexity index is 621. The summed E-state index contributed by atoms with van der Waals surface area (Å²) >= 11 is 0. The zero-order chi connectivity index (χ0) is 18.4. The number of primary amides is 1. The van der Waals surface area contributed by atoms with Gasteiger partial charge in [-0.25, -0.2) is 0 Å². The van der Waals surface area contributed by atoms with Crippen molar-refractivity contribution in [3.8, 4) is 0 Å². The molecule has 0 saturated heterocycles. The number of rotatable bonds is 8. The Labute approximate surface area is 151 Å². The van der Waals surface area contributed by atoms with Gasteiger partial charge in [0.1, 0.15) is 5.41 Å². The van der Waals surface area contributed by atoms with Gasteiger partial charge >= 0.3 is 0 Å². The molecule has 1 unspecified atom stereocenters. The average Bonchev–Trinajstić information content (AvgIpc) is 2.59. The summed E-state index contributed by atoms with van der Waals surface area (Å²) in [7, 11) is 0. The second-order valence-corrected chi connectivity index (χ2v) is 7.03. The first-order valence-corrected chi connectivity index (χ1v) is 8.92. The fraction of sp³-hybridized carbons (Fsp3) is 0.429. The summed E-state index contributed by atoms with van der Waals surface area (Å²) in [5, 5.41) is 0. The molecule has 0 bridgehead atoms. The van der Waals surface area contributed by atoms with Gasteiger partial charge < -0.3 is 5.73 Å². The minimum Gasteiger partial charge on any atom is -0.369 e. The van der Waals surface area contributed by atoms with Crippen LogP contribution in [0.2, 0.25) is 0 Å². The number of benzene rings is 1. The highest BCUT2D eigenvalue weighted by Gasteiger charge is 2.42. The molecule has 0 radical (unpaired) electrons. The molecule has 1 aromatic heterocycles. The van der Waals surface area contributed by atoms with E-state index in [1.54, 1.807) is 6.20 Å².